The minimum Gasteiger partial charge on any atom is -0.382 e. The first-order valence-electron chi connectivity index (χ1n) is 5.21. The van der Waals surface area contributed by atoms with Gasteiger partial charge in [0.05, 0.1) is 12.4 Å². The Hall–Kier alpha value is -2.02. The van der Waals surface area contributed by atoms with Crippen LogP contribution in [0.1, 0.15) is 17.1 Å². The van der Waals surface area contributed by atoms with Crippen LogP contribution in [0.5, 0.6) is 0 Å². The van der Waals surface area contributed by atoms with Crippen molar-refractivity contribution >= 4 is 17.6 Å². The summed E-state index contributed by atoms with van der Waals surface area (Å²) in [6.45, 7) is 3.84. The van der Waals surface area contributed by atoms with Crippen molar-refractivity contribution in [1.29, 1.82) is 5.41 Å². The molecule has 3 N–H and O–H groups in total. The van der Waals surface area contributed by atoms with Crippen LogP contribution in [0.2, 0.25) is 0 Å². The molecule has 0 atom stereocenters. The van der Waals surface area contributed by atoms with Crippen LogP contribution < -0.4 is 5.73 Å². The van der Waals surface area contributed by atoms with E-state index in [-0.39, 0.29) is 5.84 Å². The number of rotatable bonds is 3. The summed E-state index contributed by atoms with van der Waals surface area (Å²) < 4.78 is 0. The van der Waals surface area contributed by atoms with Crippen LogP contribution in [0.4, 0.5) is 0 Å². The normalized spacial score (nSPS) is 10.3. The Morgan fingerprint density at radius 2 is 1.83 bits per heavy atom. The van der Waals surface area contributed by atoms with Crippen molar-refractivity contribution < 1.29 is 0 Å². The van der Waals surface area contributed by atoms with Crippen molar-refractivity contribution in [2.45, 2.75) is 24.0 Å². The SMILES string of the molecule is Cc1cc(C)nc(Sc2cnc(C(=N)N)cn2)n1. The summed E-state index contributed by atoms with van der Waals surface area (Å²) in [5.41, 5.74) is 7.50. The van der Waals surface area contributed by atoms with Gasteiger partial charge in [0.15, 0.2) is 5.16 Å². The third-order valence-electron chi connectivity index (χ3n) is 2.06. The van der Waals surface area contributed by atoms with Gasteiger partial charge in [0.1, 0.15) is 16.6 Å². The Balaban J connectivity index is 2.20. The molecule has 0 saturated carbocycles. The number of amidine groups is 1. The van der Waals surface area contributed by atoms with E-state index in [0.29, 0.717) is 15.9 Å². The van der Waals surface area contributed by atoms with Gasteiger partial charge in [-0.1, -0.05) is 0 Å². The summed E-state index contributed by atoms with van der Waals surface area (Å²) in [4.78, 5) is 16.8. The summed E-state index contributed by atoms with van der Waals surface area (Å²) in [5, 5.41) is 8.53. The highest BCUT2D eigenvalue weighted by molar-refractivity contribution is 7.99. The predicted octanol–water partition coefficient (Wildman–Crippen LogP) is 1.32. The summed E-state index contributed by atoms with van der Waals surface area (Å²) in [6, 6.07) is 1.91. The summed E-state index contributed by atoms with van der Waals surface area (Å²) in [5.74, 6) is -0.0956. The lowest BCUT2D eigenvalue weighted by atomic mass is 10.4. The lowest BCUT2D eigenvalue weighted by Crippen LogP contribution is -2.13. The number of nitrogen functional groups attached to an aromatic ring is 1. The van der Waals surface area contributed by atoms with Crippen LogP contribution in [0.3, 0.4) is 0 Å². The zero-order valence-corrected chi connectivity index (χ0v) is 10.8. The molecule has 2 heterocycles. The van der Waals surface area contributed by atoms with E-state index in [0.717, 1.165) is 11.4 Å². The highest BCUT2D eigenvalue weighted by atomic mass is 32.2. The van der Waals surface area contributed by atoms with E-state index in [1.807, 2.05) is 19.9 Å². The van der Waals surface area contributed by atoms with Crippen molar-refractivity contribution in [1.82, 2.24) is 19.9 Å². The van der Waals surface area contributed by atoms with Gasteiger partial charge in [-0.05, 0) is 31.7 Å². The number of hydrogen-bond acceptors (Lipinski definition) is 6. The second-order valence-electron chi connectivity index (χ2n) is 3.69. The van der Waals surface area contributed by atoms with E-state index in [4.69, 9.17) is 11.1 Å². The van der Waals surface area contributed by atoms with Gasteiger partial charge in [-0.3, -0.25) is 5.41 Å². The smallest absolute Gasteiger partial charge is 0.194 e. The lowest BCUT2D eigenvalue weighted by Gasteiger charge is -2.02. The Morgan fingerprint density at radius 1 is 1.17 bits per heavy atom. The van der Waals surface area contributed by atoms with Crippen molar-refractivity contribution in [3.8, 4) is 0 Å². The van der Waals surface area contributed by atoms with E-state index in [1.165, 1.54) is 18.0 Å². The second-order valence-corrected chi connectivity index (χ2v) is 4.68. The third kappa shape index (κ3) is 3.01. The van der Waals surface area contributed by atoms with E-state index in [9.17, 15) is 0 Å². The van der Waals surface area contributed by atoms with Crippen molar-refractivity contribution in [2.75, 3.05) is 0 Å². The molecule has 0 amide bonds. The van der Waals surface area contributed by atoms with Gasteiger partial charge in [0, 0.05) is 11.4 Å². The molecule has 0 aliphatic rings. The molecule has 92 valence electrons. The van der Waals surface area contributed by atoms with E-state index in [1.54, 1.807) is 6.20 Å². The topological polar surface area (TPSA) is 101 Å². The standard InChI is InChI=1S/C11H12N6S/c1-6-3-7(2)17-11(16-6)18-9-5-14-8(4-15-9)10(12)13/h3-5H,1-2H3,(H3,12,13). The van der Waals surface area contributed by atoms with Gasteiger partial charge in [-0.25, -0.2) is 19.9 Å². The summed E-state index contributed by atoms with van der Waals surface area (Å²) >= 11 is 1.33. The lowest BCUT2D eigenvalue weighted by molar-refractivity contribution is 0.896. The highest BCUT2D eigenvalue weighted by Crippen LogP contribution is 2.22. The van der Waals surface area contributed by atoms with Crippen LogP contribution in [0.25, 0.3) is 0 Å². The number of aromatic nitrogens is 4. The molecule has 7 heteroatoms. The molecule has 18 heavy (non-hydrogen) atoms. The molecule has 0 aliphatic carbocycles. The number of nitrogens with zero attached hydrogens (tertiary/aromatic N) is 4. The average molecular weight is 260 g/mol. The molecule has 0 aliphatic heterocycles. The fourth-order valence-electron chi connectivity index (χ4n) is 1.34. The highest BCUT2D eigenvalue weighted by Gasteiger charge is 2.05. The average Bonchev–Trinajstić information content (AvgIpc) is 2.28. The van der Waals surface area contributed by atoms with Crippen molar-refractivity contribution in [3.05, 3.63) is 35.5 Å². The summed E-state index contributed by atoms with van der Waals surface area (Å²) in [6.07, 6.45) is 3.02. The predicted molar refractivity (Wildman–Crippen MR) is 68.7 cm³/mol. The Labute approximate surface area is 109 Å². The quantitative estimate of drug-likeness (QED) is 0.490. The van der Waals surface area contributed by atoms with Gasteiger partial charge >= 0.3 is 0 Å². The minimum atomic E-state index is -0.0956. The van der Waals surface area contributed by atoms with Gasteiger partial charge in [-0.15, -0.1) is 0 Å². The first-order valence-corrected chi connectivity index (χ1v) is 6.03. The van der Waals surface area contributed by atoms with Gasteiger partial charge in [0.25, 0.3) is 0 Å². The minimum absolute atomic E-state index is 0.0956. The molecular weight excluding hydrogens is 248 g/mol. The van der Waals surface area contributed by atoms with E-state index >= 15 is 0 Å². The van der Waals surface area contributed by atoms with Gasteiger partial charge in [0.2, 0.25) is 0 Å². The molecule has 0 spiro atoms. The number of aryl methyl sites for hydroxylation is 2. The van der Waals surface area contributed by atoms with Crippen LogP contribution in [-0.2, 0) is 0 Å². The van der Waals surface area contributed by atoms with Crippen LogP contribution >= 0.6 is 11.8 Å². The molecule has 0 bridgehead atoms. The maximum absolute atomic E-state index is 7.23. The van der Waals surface area contributed by atoms with Gasteiger partial charge in [-0.2, -0.15) is 0 Å². The zero-order chi connectivity index (χ0) is 13.1. The molecule has 0 radical (unpaired) electrons. The second kappa shape index (κ2) is 5.09. The zero-order valence-electron chi connectivity index (χ0n) is 10.0. The first kappa shape index (κ1) is 12.4. The Kier molecular flexibility index (Phi) is 3.52. The molecule has 0 aromatic carbocycles. The van der Waals surface area contributed by atoms with E-state index in [2.05, 4.69) is 19.9 Å². The van der Waals surface area contributed by atoms with Crippen LogP contribution in [-0.4, -0.2) is 25.8 Å². The van der Waals surface area contributed by atoms with Gasteiger partial charge < -0.3 is 5.73 Å². The fraction of sp³-hybridized carbons (Fsp3) is 0.182. The molecule has 6 nitrogen and oxygen atoms in total. The molecule has 2 aromatic heterocycles. The Morgan fingerprint density at radius 3 is 2.33 bits per heavy atom. The largest absolute Gasteiger partial charge is 0.382 e. The van der Waals surface area contributed by atoms with Crippen LogP contribution in [0, 0.1) is 19.3 Å². The van der Waals surface area contributed by atoms with Crippen molar-refractivity contribution in [3.63, 3.8) is 0 Å². The fourth-order valence-corrected chi connectivity index (χ4v) is 2.12. The molecule has 0 fully saturated rings. The third-order valence-corrected chi connectivity index (χ3v) is 2.85. The maximum atomic E-state index is 7.23. The number of hydrogen-bond donors (Lipinski definition) is 2. The van der Waals surface area contributed by atoms with Crippen molar-refractivity contribution in [2.24, 2.45) is 5.73 Å². The number of nitrogens with one attached hydrogen (secondary N) is 1. The van der Waals surface area contributed by atoms with E-state index < -0.39 is 0 Å². The molecule has 2 rings (SSSR count). The van der Waals surface area contributed by atoms with Crippen LogP contribution in [0.15, 0.2) is 28.6 Å². The number of nitrogens with two attached hydrogens (primary N) is 1. The molecule has 0 unspecified atom stereocenters. The summed E-state index contributed by atoms with van der Waals surface area (Å²) in [7, 11) is 0. The first-order chi connectivity index (χ1) is 8.54. The molecule has 0 saturated heterocycles. The maximum Gasteiger partial charge on any atom is 0.194 e. The molecular formula is C11H12N6S. The monoisotopic (exact) mass is 260 g/mol. The molecule has 2 aromatic rings. The Bertz CT molecular complexity index is 560.